The highest BCUT2D eigenvalue weighted by Gasteiger charge is 2.57. The minimum Gasteiger partial charge on any atom is -0.496 e. The van der Waals surface area contributed by atoms with Gasteiger partial charge < -0.3 is 36.2 Å². The number of para-hydroxylation sites is 1. The SMILES string of the molecule is COc1c(CN2O[C@@H](CO)[C@@H]([C@H](C)O)[C@H]2C(=O)N[C@H]2C[C@H]3C[C@@H]([C@@H]2C)C3(C)C)cccc1-c1cc(CN)cc(C(=O)N[C@@H](Cc2ccccc2)CN(C)C)c1. The van der Waals surface area contributed by atoms with E-state index in [1.807, 2.05) is 68.7 Å². The molecule has 55 heavy (non-hydrogen) atoms. The summed E-state index contributed by atoms with van der Waals surface area (Å²) in [4.78, 5) is 36.5. The van der Waals surface area contributed by atoms with Gasteiger partial charge in [-0.2, -0.15) is 5.06 Å². The monoisotopic (exact) mass is 755 g/mol. The van der Waals surface area contributed by atoms with E-state index in [1.165, 1.54) is 6.42 Å². The van der Waals surface area contributed by atoms with Crippen molar-refractivity contribution < 1.29 is 29.4 Å². The molecular weight excluding hydrogens is 695 g/mol. The minimum atomic E-state index is -0.907. The molecule has 3 aliphatic carbocycles. The Morgan fingerprint density at radius 2 is 1.82 bits per heavy atom. The van der Waals surface area contributed by atoms with Crippen molar-refractivity contribution >= 4 is 11.8 Å². The van der Waals surface area contributed by atoms with Crippen LogP contribution < -0.4 is 21.1 Å². The molecule has 2 bridgehead atoms. The maximum absolute atomic E-state index is 14.3. The van der Waals surface area contributed by atoms with E-state index in [4.69, 9.17) is 15.3 Å². The molecule has 7 rings (SSSR count). The van der Waals surface area contributed by atoms with Crippen LogP contribution in [0, 0.1) is 29.1 Å². The molecular formula is C44H61N5O6. The van der Waals surface area contributed by atoms with Crippen LogP contribution in [0.3, 0.4) is 0 Å². The molecule has 0 unspecified atom stereocenters. The van der Waals surface area contributed by atoms with Gasteiger partial charge in [0.1, 0.15) is 17.9 Å². The predicted octanol–water partition coefficient (Wildman–Crippen LogP) is 4.38. The van der Waals surface area contributed by atoms with Crippen molar-refractivity contribution in [1.29, 1.82) is 0 Å². The number of nitrogens with zero attached hydrogens (tertiary/aromatic N) is 2. The second-order valence-corrected chi connectivity index (χ2v) is 17.0. The summed E-state index contributed by atoms with van der Waals surface area (Å²) in [6.07, 6.45) is 1.14. The van der Waals surface area contributed by atoms with Gasteiger partial charge in [-0.05, 0) is 98.3 Å². The number of hydrogen-bond donors (Lipinski definition) is 5. The molecule has 0 radical (unpaired) electrons. The van der Waals surface area contributed by atoms with Gasteiger partial charge in [0.2, 0.25) is 5.91 Å². The van der Waals surface area contributed by atoms with E-state index in [-0.39, 0.29) is 49.0 Å². The summed E-state index contributed by atoms with van der Waals surface area (Å²) < 4.78 is 6.07. The van der Waals surface area contributed by atoms with Crippen LogP contribution in [0.2, 0.25) is 0 Å². The highest BCUT2D eigenvalue weighted by Crippen LogP contribution is 2.61. The second kappa shape index (κ2) is 17.1. The van der Waals surface area contributed by atoms with Crippen molar-refractivity contribution in [2.24, 2.45) is 34.8 Å². The summed E-state index contributed by atoms with van der Waals surface area (Å²) >= 11 is 0. The molecule has 2 amide bonds. The van der Waals surface area contributed by atoms with Crippen molar-refractivity contribution in [1.82, 2.24) is 20.6 Å². The number of hydrogen-bond acceptors (Lipinski definition) is 9. The van der Waals surface area contributed by atoms with E-state index in [9.17, 15) is 19.8 Å². The number of amides is 2. The van der Waals surface area contributed by atoms with Crippen LogP contribution in [0.1, 0.15) is 67.6 Å². The molecule has 4 aliphatic rings. The summed E-state index contributed by atoms with van der Waals surface area (Å²) in [5.74, 6) is 0.955. The van der Waals surface area contributed by atoms with Crippen LogP contribution >= 0.6 is 0 Å². The molecule has 298 valence electrons. The van der Waals surface area contributed by atoms with E-state index in [2.05, 4.69) is 48.4 Å². The molecule has 3 aromatic rings. The highest BCUT2D eigenvalue weighted by molar-refractivity contribution is 5.96. The smallest absolute Gasteiger partial charge is 0.251 e. The number of nitrogens with one attached hydrogen (secondary N) is 2. The van der Waals surface area contributed by atoms with Crippen LogP contribution in [0.25, 0.3) is 11.1 Å². The Bertz CT molecular complexity index is 1800. The molecule has 4 fully saturated rings. The molecule has 9 atom stereocenters. The predicted molar refractivity (Wildman–Crippen MR) is 214 cm³/mol. The van der Waals surface area contributed by atoms with Crippen LogP contribution in [0.4, 0.5) is 0 Å². The number of methoxy groups -OCH3 is 1. The summed E-state index contributed by atoms with van der Waals surface area (Å²) in [7, 11) is 5.58. The van der Waals surface area contributed by atoms with Crippen molar-refractivity contribution in [3.63, 3.8) is 0 Å². The molecule has 3 saturated carbocycles. The number of aliphatic hydroxyl groups excluding tert-OH is 2. The third kappa shape index (κ3) is 8.62. The van der Waals surface area contributed by atoms with Crippen LogP contribution in [-0.4, -0.2) is 96.7 Å². The summed E-state index contributed by atoms with van der Waals surface area (Å²) in [5.41, 5.74) is 11.1. The van der Waals surface area contributed by atoms with Gasteiger partial charge in [0.15, 0.2) is 0 Å². The largest absolute Gasteiger partial charge is 0.496 e. The van der Waals surface area contributed by atoms with Gasteiger partial charge in [0, 0.05) is 47.8 Å². The third-order valence-electron chi connectivity index (χ3n) is 12.7. The van der Waals surface area contributed by atoms with E-state index in [1.54, 1.807) is 19.1 Å². The number of likely N-dealkylation sites (N-methyl/N-ethyl adjacent to an activating group) is 1. The lowest BCUT2D eigenvalue weighted by Gasteiger charge is -2.62. The fourth-order valence-corrected chi connectivity index (χ4v) is 9.70. The van der Waals surface area contributed by atoms with Crippen molar-refractivity contribution in [3.8, 4) is 16.9 Å². The van der Waals surface area contributed by atoms with Gasteiger partial charge in [0.25, 0.3) is 5.91 Å². The number of carbonyl (C=O) groups is 2. The Hall–Kier alpha value is -3.84. The van der Waals surface area contributed by atoms with Gasteiger partial charge >= 0.3 is 0 Å². The number of hydroxylamine groups is 2. The Labute approximate surface area is 326 Å². The van der Waals surface area contributed by atoms with Gasteiger partial charge in [-0.25, -0.2) is 0 Å². The molecule has 1 heterocycles. The van der Waals surface area contributed by atoms with E-state index >= 15 is 0 Å². The zero-order chi connectivity index (χ0) is 39.6. The molecule has 11 nitrogen and oxygen atoms in total. The van der Waals surface area contributed by atoms with Crippen molar-refractivity contribution in [2.45, 2.75) is 90.4 Å². The topological polar surface area (TPSA) is 150 Å². The summed E-state index contributed by atoms with van der Waals surface area (Å²) in [6.45, 7) is 9.26. The van der Waals surface area contributed by atoms with E-state index in [0.29, 0.717) is 42.0 Å². The molecule has 0 spiro atoms. The fraction of sp³-hybridized carbons (Fsp3) is 0.545. The number of nitrogens with two attached hydrogens (primary N) is 1. The Kier molecular flexibility index (Phi) is 12.7. The lowest BCUT2D eigenvalue weighted by atomic mass is 9.45. The quantitative estimate of drug-likeness (QED) is 0.152. The first-order valence-corrected chi connectivity index (χ1v) is 19.8. The standard InChI is InChI=1S/C44H61N5O6/c1-26-36-20-33(44(36,3)4)21-37(26)47-43(53)40-39(27(2)51)38(25-50)55-49(40)23-30-14-11-15-35(41(30)54-7)31-16-29(22-45)17-32(19-31)42(52)46-34(24-48(5)6)18-28-12-9-8-10-13-28/h8-17,19,26-27,33-34,36-40,50-51H,18,20-25,45H2,1-7H3,(H,46,52)(H,47,53)/t26-,27-,33+,34-,36-,37-,38-,39+,40-/m0/s1. The second-order valence-electron chi connectivity index (χ2n) is 17.0. The normalized spacial score (nSPS) is 26.9. The molecule has 1 saturated heterocycles. The van der Waals surface area contributed by atoms with Gasteiger partial charge in [-0.15, -0.1) is 0 Å². The van der Waals surface area contributed by atoms with Crippen LogP contribution in [0.15, 0.2) is 66.7 Å². The first-order chi connectivity index (χ1) is 26.2. The average molecular weight is 756 g/mol. The fourth-order valence-electron chi connectivity index (χ4n) is 9.70. The zero-order valence-corrected chi connectivity index (χ0v) is 33.5. The zero-order valence-electron chi connectivity index (χ0n) is 33.5. The number of aliphatic hydroxyl groups is 2. The lowest BCUT2D eigenvalue weighted by molar-refractivity contribution is -0.183. The van der Waals surface area contributed by atoms with Gasteiger partial charge in [-0.3, -0.25) is 14.4 Å². The van der Waals surface area contributed by atoms with Crippen LogP contribution in [0.5, 0.6) is 5.75 Å². The minimum absolute atomic E-state index is 0.0320. The Morgan fingerprint density at radius 3 is 2.44 bits per heavy atom. The molecule has 3 aromatic carbocycles. The third-order valence-corrected chi connectivity index (χ3v) is 12.7. The number of rotatable bonds is 15. The number of benzene rings is 3. The highest BCUT2D eigenvalue weighted by atomic mass is 16.7. The van der Waals surface area contributed by atoms with Gasteiger partial charge in [-0.1, -0.05) is 69.3 Å². The molecule has 11 heteroatoms. The number of carbonyl (C=O) groups excluding carboxylic acids is 2. The average Bonchev–Trinajstić information content (AvgIpc) is 3.53. The van der Waals surface area contributed by atoms with Crippen LogP contribution in [-0.2, 0) is 29.1 Å². The maximum atomic E-state index is 14.3. The van der Waals surface area contributed by atoms with E-state index < -0.39 is 24.2 Å². The molecule has 6 N–H and O–H groups in total. The first kappa shape index (κ1) is 40.8. The first-order valence-electron chi connectivity index (χ1n) is 19.8. The summed E-state index contributed by atoms with van der Waals surface area (Å²) in [6, 6.07) is 20.6. The van der Waals surface area contributed by atoms with Crippen molar-refractivity contribution in [3.05, 3.63) is 89.0 Å². The number of fused-ring (bicyclic) bond motifs is 2. The van der Waals surface area contributed by atoms with E-state index in [0.717, 1.165) is 34.2 Å². The molecule has 1 aliphatic heterocycles. The number of ether oxygens (including phenoxy) is 1. The lowest BCUT2D eigenvalue weighted by Crippen LogP contribution is -2.62. The summed E-state index contributed by atoms with van der Waals surface area (Å²) in [5, 5.41) is 29.5. The maximum Gasteiger partial charge on any atom is 0.251 e. The molecule has 0 aromatic heterocycles. The Morgan fingerprint density at radius 1 is 1.07 bits per heavy atom. The van der Waals surface area contributed by atoms with Crippen molar-refractivity contribution in [2.75, 3.05) is 34.4 Å². The van der Waals surface area contributed by atoms with Gasteiger partial charge in [0.05, 0.1) is 26.4 Å². The Balaban J connectivity index is 1.26.